The maximum atomic E-state index is 5.66. The van der Waals surface area contributed by atoms with Gasteiger partial charge in [-0.3, -0.25) is 4.68 Å². The second-order valence-corrected chi connectivity index (χ2v) is 2.78. The highest BCUT2D eigenvalue weighted by Crippen LogP contribution is 2.12. The maximum Gasteiger partial charge on any atom is 0.122 e. The van der Waals surface area contributed by atoms with E-state index in [9.17, 15) is 0 Å². The molecule has 4 heteroatoms. The third kappa shape index (κ3) is 1.60. The molecule has 1 atom stereocenters. The van der Waals surface area contributed by atoms with E-state index in [1.807, 2.05) is 6.92 Å². The predicted molar refractivity (Wildman–Crippen MR) is 37.8 cm³/mol. The van der Waals surface area contributed by atoms with Gasteiger partial charge in [-0.15, -0.1) is 0 Å². The molecule has 1 aromatic heterocycles. The van der Waals surface area contributed by atoms with Crippen molar-refractivity contribution in [2.75, 3.05) is 0 Å². The van der Waals surface area contributed by atoms with Gasteiger partial charge in [-0.25, -0.2) is 0 Å². The number of hydrogen-bond donors (Lipinski definition) is 0. The average molecular weight is 165 g/mol. The molecule has 0 saturated carbocycles. The van der Waals surface area contributed by atoms with Gasteiger partial charge in [0.15, 0.2) is 0 Å². The molecule has 0 aliphatic carbocycles. The van der Waals surface area contributed by atoms with Crippen LogP contribution in [-0.4, -0.2) is 9.78 Å². The summed E-state index contributed by atoms with van der Waals surface area (Å²) in [6, 6.07) is 0. The van der Waals surface area contributed by atoms with E-state index in [0.29, 0.717) is 5.02 Å². The smallest absolute Gasteiger partial charge is 0.122 e. The zero-order valence-electron chi connectivity index (χ0n) is 4.88. The highest BCUT2D eigenvalue weighted by molar-refractivity contribution is 6.30. The molecule has 0 fully saturated rings. The summed E-state index contributed by atoms with van der Waals surface area (Å²) in [5.41, 5.74) is -0.127. The SMILES string of the molecule is CC(Cl)n1cc(Cl)cn1. The summed E-state index contributed by atoms with van der Waals surface area (Å²) in [7, 11) is 0. The maximum absolute atomic E-state index is 5.66. The van der Waals surface area contributed by atoms with E-state index in [2.05, 4.69) is 5.10 Å². The lowest BCUT2D eigenvalue weighted by molar-refractivity contribution is 0.633. The molecule has 9 heavy (non-hydrogen) atoms. The second-order valence-electron chi connectivity index (χ2n) is 1.71. The van der Waals surface area contributed by atoms with Crippen LogP contribution in [0, 0.1) is 0 Å². The standard InChI is InChI=1S/C5H6Cl2N2/c1-4(6)9-3-5(7)2-8-9/h2-4H,1H3. The van der Waals surface area contributed by atoms with Gasteiger partial charge in [-0.2, -0.15) is 5.10 Å². The normalized spacial score (nSPS) is 13.7. The summed E-state index contributed by atoms with van der Waals surface area (Å²) in [6.07, 6.45) is 3.24. The number of rotatable bonds is 1. The van der Waals surface area contributed by atoms with Gasteiger partial charge < -0.3 is 0 Å². The van der Waals surface area contributed by atoms with Crippen molar-refractivity contribution >= 4 is 23.2 Å². The van der Waals surface area contributed by atoms with Gasteiger partial charge in [0.2, 0.25) is 0 Å². The molecule has 0 N–H and O–H groups in total. The summed E-state index contributed by atoms with van der Waals surface area (Å²) >= 11 is 11.2. The summed E-state index contributed by atoms with van der Waals surface area (Å²) in [5.74, 6) is 0. The molecule has 2 nitrogen and oxygen atoms in total. The lowest BCUT2D eigenvalue weighted by Crippen LogP contribution is -1.96. The highest BCUT2D eigenvalue weighted by atomic mass is 35.5. The molecule has 1 rings (SSSR count). The zero-order chi connectivity index (χ0) is 6.85. The van der Waals surface area contributed by atoms with Crippen molar-refractivity contribution in [3.05, 3.63) is 17.4 Å². The summed E-state index contributed by atoms with van der Waals surface area (Å²) in [6.45, 7) is 1.82. The molecule has 0 bridgehead atoms. The zero-order valence-corrected chi connectivity index (χ0v) is 6.39. The Morgan fingerprint density at radius 1 is 1.78 bits per heavy atom. The van der Waals surface area contributed by atoms with Crippen LogP contribution >= 0.6 is 23.2 Å². The second kappa shape index (κ2) is 2.58. The minimum atomic E-state index is -0.127. The van der Waals surface area contributed by atoms with Crippen molar-refractivity contribution < 1.29 is 0 Å². The monoisotopic (exact) mass is 164 g/mol. The van der Waals surface area contributed by atoms with Crippen molar-refractivity contribution in [2.24, 2.45) is 0 Å². The highest BCUT2D eigenvalue weighted by Gasteiger charge is 1.99. The van der Waals surface area contributed by atoms with Gasteiger partial charge in [-0.1, -0.05) is 23.2 Å². The van der Waals surface area contributed by atoms with Crippen LogP contribution in [0.4, 0.5) is 0 Å². The molecule has 1 aromatic rings. The van der Waals surface area contributed by atoms with Gasteiger partial charge >= 0.3 is 0 Å². The minimum absolute atomic E-state index is 0.127. The number of nitrogens with zero attached hydrogens (tertiary/aromatic N) is 2. The topological polar surface area (TPSA) is 17.8 Å². The van der Waals surface area contributed by atoms with Crippen LogP contribution in [0.25, 0.3) is 0 Å². The summed E-state index contributed by atoms with van der Waals surface area (Å²) in [4.78, 5) is 0. The largest absolute Gasteiger partial charge is 0.254 e. The van der Waals surface area contributed by atoms with Crippen LogP contribution in [0.1, 0.15) is 12.4 Å². The molecule has 0 aliphatic heterocycles. The molecule has 1 heterocycles. The molecule has 0 saturated heterocycles. The fourth-order valence-electron chi connectivity index (χ4n) is 0.509. The van der Waals surface area contributed by atoms with E-state index in [0.717, 1.165) is 0 Å². The number of aromatic nitrogens is 2. The van der Waals surface area contributed by atoms with Crippen molar-refractivity contribution in [1.82, 2.24) is 9.78 Å². The van der Waals surface area contributed by atoms with Crippen LogP contribution in [0.5, 0.6) is 0 Å². The van der Waals surface area contributed by atoms with Crippen LogP contribution in [-0.2, 0) is 0 Å². The Morgan fingerprint density at radius 2 is 2.44 bits per heavy atom. The summed E-state index contributed by atoms with van der Waals surface area (Å²) < 4.78 is 1.59. The van der Waals surface area contributed by atoms with E-state index < -0.39 is 0 Å². The van der Waals surface area contributed by atoms with E-state index in [1.165, 1.54) is 0 Å². The molecule has 0 spiro atoms. The minimum Gasteiger partial charge on any atom is -0.254 e. The van der Waals surface area contributed by atoms with Gasteiger partial charge in [0.1, 0.15) is 5.50 Å². The third-order valence-corrected chi connectivity index (χ3v) is 1.33. The Bertz CT molecular complexity index is 195. The Hall–Kier alpha value is -0.210. The van der Waals surface area contributed by atoms with Crippen LogP contribution < -0.4 is 0 Å². The molecule has 0 amide bonds. The Morgan fingerprint density at radius 3 is 2.67 bits per heavy atom. The Kier molecular flexibility index (Phi) is 1.98. The lowest BCUT2D eigenvalue weighted by Gasteiger charge is -1.99. The molecular formula is C5H6Cl2N2. The quantitative estimate of drug-likeness (QED) is 0.583. The van der Waals surface area contributed by atoms with Crippen molar-refractivity contribution in [3.8, 4) is 0 Å². The van der Waals surface area contributed by atoms with Crippen molar-refractivity contribution in [3.63, 3.8) is 0 Å². The number of alkyl halides is 1. The van der Waals surface area contributed by atoms with E-state index in [4.69, 9.17) is 23.2 Å². The third-order valence-electron chi connectivity index (χ3n) is 0.935. The van der Waals surface area contributed by atoms with Crippen LogP contribution in [0.3, 0.4) is 0 Å². The summed E-state index contributed by atoms with van der Waals surface area (Å²) in [5, 5.41) is 4.48. The fraction of sp³-hybridized carbons (Fsp3) is 0.400. The number of hydrogen-bond acceptors (Lipinski definition) is 1. The molecule has 0 aromatic carbocycles. The first-order chi connectivity index (χ1) is 4.20. The van der Waals surface area contributed by atoms with Crippen molar-refractivity contribution in [1.29, 1.82) is 0 Å². The van der Waals surface area contributed by atoms with Crippen molar-refractivity contribution in [2.45, 2.75) is 12.4 Å². The molecule has 50 valence electrons. The Balaban J connectivity index is 2.85. The molecular weight excluding hydrogens is 159 g/mol. The van der Waals surface area contributed by atoms with Crippen LogP contribution in [0.2, 0.25) is 5.02 Å². The lowest BCUT2D eigenvalue weighted by atomic mass is 10.7. The van der Waals surface area contributed by atoms with E-state index in [1.54, 1.807) is 17.1 Å². The van der Waals surface area contributed by atoms with Gasteiger partial charge in [0.05, 0.1) is 11.2 Å². The first-order valence-corrected chi connectivity index (χ1v) is 3.35. The van der Waals surface area contributed by atoms with Gasteiger partial charge in [0.25, 0.3) is 0 Å². The van der Waals surface area contributed by atoms with E-state index >= 15 is 0 Å². The predicted octanol–water partition coefficient (Wildman–Crippen LogP) is 2.29. The first kappa shape index (κ1) is 6.90. The average Bonchev–Trinajstić information content (AvgIpc) is 2.14. The van der Waals surface area contributed by atoms with Crippen LogP contribution in [0.15, 0.2) is 12.4 Å². The Labute approximate surface area is 63.4 Å². The fourth-order valence-corrected chi connectivity index (χ4v) is 0.760. The molecule has 0 aliphatic rings. The van der Waals surface area contributed by atoms with E-state index in [-0.39, 0.29) is 5.50 Å². The van der Waals surface area contributed by atoms with Gasteiger partial charge in [-0.05, 0) is 6.92 Å². The number of halogens is 2. The first-order valence-electron chi connectivity index (χ1n) is 2.54. The molecule has 1 unspecified atom stereocenters. The van der Waals surface area contributed by atoms with Gasteiger partial charge in [0, 0.05) is 6.20 Å². The molecule has 0 radical (unpaired) electrons.